The van der Waals surface area contributed by atoms with Crippen molar-refractivity contribution in [3.8, 4) is 0 Å². The first-order valence-electron chi connectivity index (χ1n) is 5.72. The summed E-state index contributed by atoms with van der Waals surface area (Å²) in [4.78, 5) is 4.14. The number of hydrogen-bond donors (Lipinski definition) is 1. The Kier molecular flexibility index (Phi) is 5.10. The zero-order valence-electron chi connectivity index (χ0n) is 10.9. The summed E-state index contributed by atoms with van der Waals surface area (Å²) < 4.78 is 6.50. The van der Waals surface area contributed by atoms with Gasteiger partial charge in [-0.1, -0.05) is 20.8 Å². The van der Waals surface area contributed by atoms with Gasteiger partial charge in [0.2, 0.25) is 0 Å². The average Bonchev–Trinajstić information content (AvgIpc) is 2.15. The molecule has 2 atom stereocenters. The lowest BCUT2D eigenvalue weighted by molar-refractivity contribution is -0.00167. The van der Waals surface area contributed by atoms with Gasteiger partial charge in [-0.05, 0) is 39.4 Å². The third kappa shape index (κ3) is 4.37. The first-order valence-corrected chi connectivity index (χ1v) is 6.51. The van der Waals surface area contributed by atoms with Crippen LogP contribution in [0.2, 0.25) is 0 Å². The maximum absolute atomic E-state index is 6.23. The van der Waals surface area contributed by atoms with Crippen LogP contribution in [0.3, 0.4) is 0 Å². The molecule has 96 valence electrons. The molecule has 17 heavy (non-hydrogen) atoms. The standard InChI is InChI=1S/C13H21BrN2O/c1-13(2,3)12(17-4)11(15)6-9-5-10(14)8-16-7-9/h5,7-8,11-12H,6,15H2,1-4H3. The van der Waals surface area contributed by atoms with Crippen molar-refractivity contribution >= 4 is 15.9 Å². The normalized spacial score (nSPS) is 15.6. The largest absolute Gasteiger partial charge is 0.379 e. The molecule has 1 aromatic rings. The van der Waals surface area contributed by atoms with Crippen LogP contribution in [0.1, 0.15) is 26.3 Å². The number of nitrogens with zero attached hydrogens (tertiary/aromatic N) is 1. The Morgan fingerprint density at radius 3 is 2.53 bits per heavy atom. The molecule has 3 nitrogen and oxygen atoms in total. The summed E-state index contributed by atoms with van der Waals surface area (Å²) in [5.41, 5.74) is 7.39. The van der Waals surface area contributed by atoms with E-state index < -0.39 is 0 Å². The lowest BCUT2D eigenvalue weighted by Gasteiger charge is -2.34. The molecule has 0 bridgehead atoms. The number of halogens is 1. The van der Waals surface area contributed by atoms with E-state index in [1.807, 2.05) is 12.3 Å². The van der Waals surface area contributed by atoms with E-state index in [9.17, 15) is 0 Å². The van der Waals surface area contributed by atoms with Crippen molar-refractivity contribution in [2.75, 3.05) is 7.11 Å². The second-order valence-corrected chi connectivity index (χ2v) is 6.32. The van der Waals surface area contributed by atoms with Gasteiger partial charge in [0.1, 0.15) is 0 Å². The van der Waals surface area contributed by atoms with Gasteiger partial charge in [-0.15, -0.1) is 0 Å². The Bertz CT molecular complexity index is 363. The lowest BCUT2D eigenvalue weighted by atomic mass is 9.83. The SMILES string of the molecule is COC(C(N)Cc1cncc(Br)c1)C(C)(C)C. The van der Waals surface area contributed by atoms with Crippen LogP contribution < -0.4 is 5.73 Å². The average molecular weight is 301 g/mol. The van der Waals surface area contributed by atoms with Gasteiger partial charge in [-0.2, -0.15) is 0 Å². The Labute approximate surface area is 112 Å². The molecular formula is C13H21BrN2O. The van der Waals surface area contributed by atoms with E-state index in [0.29, 0.717) is 0 Å². The van der Waals surface area contributed by atoms with E-state index in [4.69, 9.17) is 10.5 Å². The van der Waals surface area contributed by atoms with Gasteiger partial charge in [0.25, 0.3) is 0 Å². The molecule has 0 fully saturated rings. The monoisotopic (exact) mass is 300 g/mol. The van der Waals surface area contributed by atoms with Gasteiger partial charge in [0, 0.05) is 30.0 Å². The van der Waals surface area contributed by atoms with Crippen molar-refractivity contribution in [3.63, 3.8) is 0 Å². The fourth-order valence-corrected chi connectivity index (χ4v) is 2.53. The van der Waals surface area contributed by atoms with Crippen LogP contribution in [0.25, 0.3) is 0 Å². The van der Waals surface area contributed by atoms with Gasteiger partial charge < -0.3 is 10.5 Å². The number of ether oxygens (including phenoxy) is 1. The van der Waals surface area contributed by atoms with Gasteiger partial charge in [0.05, 0.1) is 6.10 Å². The molecule has 0 saturated carbocycles. The molecule has 2 N–H and O–H groups in total. The highest BCUT2D eigenvalue weighted by Crippen LogP contribution is 2.25. The number of aromatic nitrogens is 1. The third-order valence-corrected chi connectivity index (χ3v) is 3.16. The van der Waals surface area contributed by atoms with E-state index in [2.05, 4.69) is 41.7 Å². The third-order valence-electron chi connectivity index (χ3n) is 2.73. The minimum atomic E-state index is -0.0314. The van der Waals surface area contributed by atoms with Crippen LogP contribution in [-0.2, 0) is 11.2 Å². The number of hydrogen-bond acceptors (Lipinski definition) is 3. The highest BCUT2D eigenvalue weighted by Gasteiger charge is 2.30. The van der Waals surface area contributed by atoms with Crippen LogP contribution in [0.5, 0.6) is 0 Å². The number of rotatable bonds is 4. The molecule has 0 saturated heterocycles. The van der Waals surface area contributed by atoms with Crippen molar-refractivity contribution in [1.82, 2.24) is 4.98 Å². The predicted molar refractivity (Wildman–Crippen MR) is 73.9 cm³/mol. The van der Waals surface area contributed by atoms with Crippen LogP contribution >= 0.6 is 15.9 Å². The predicted octanol–water partition coefficient (Wildman–Crippen LogP) is 2.78. The van der Waals surface area contributed by atoms with Crippen LogP contribution in [-0.4, -0.2) is 24.2 Å². The van der Waals surface area contributed by atoms with Crippen LogP contribution in [0, 0.1) is 5.41 Å². The van der Waals surface area contributed by atoms with E-state index >= 15 is 0 Å². The molecule has 1 rings (SSSR count). The molecule has 2 unspecified atom stereocenters. The fourth-order valence-electron chi connectivity index (χ4n) is 2.12. The molecule has 0 aliphatic heterocycles. The topological polar surface area (TPSA) is 48.1 Å². The molecule has 0 spiro atoms. The smallest absolute Gasteiger partial charge is 0.0773 e. The minimum Gasteiger partial charge on any atom is -0.379 e. The summed E-state index contributed by atoms with van der Waals surface area (Å²) in [5.74, 6) is 0. The Hall–Kier alpha value is -0.450. The number of pyridine rings is 1. The molecular weight excluding hydrogens is 280 g/mol. The summed E-state index contributed by atoms with van der Waals surface area (Å²) in [7, 11) is 1.72. The first-order chi connectivity index (χ1) is 7.84. The Balaban J connectivity index is 2.74. The van der Waals surface area contributed by atoms with Crippen molar-refractivity contribution in [2.24, 2.45) is 11.1 Å². The highest BCUT2D eigenvalue weighted by molar-refractivity contribution is 9.10. The Morgan fingerprint density at radius 2 is 2.06 bits per heavy atom. The quantitative estimate of drug-likeness (QED) is 0.930. The summed E-state index contributed by atoms with van der Waals surface area (Å²) >= 11 is 3.41. The van der Waals surface area contributed by atoms with Crippen molar-refractivity contribution in [1.29, 1.82) is 0 Å². The van der Waals surface area contributed by atoms with Gasteiger partial charge >= 0.3 is 0 Å². The lowest BCUT2D eigenvalue weighted by Crippen LogP contribution is -2.46. The van der Waals surface area contributed by atoms with E-state index in [1.54, 1.807) is 13.3 Å². The van der Waals surface area contributed by atoms with Crippen molar-refractivity contribution < 1.29 is 4.74 Å². The molecule has 0 aliphatic rings. The zero-order chi connectivity index (χ0) is 13.1. The fraction of sp³-hybridized carbons (Fsp3) is 0.615. The molecule has 0 amide bonds. The molecule has 4 heteroatoms. The summed E-state index contributed by atoms with van der Waals surface area (Å²) in [6.45, 7) is 6.42. The second-order valence-electron chi connectivity index (χ2n) is 5.40. The van der Waals surface area contributed by atoms with Gasteiger partial charge in [-0.25, -0.2) is 0 Å². The second kappa shape index (κ2) is 5.94. The van der Waals surface area contributed by atoms with Crippen molar-refractivity contribution in [2.45, 2.75) is 39.3 Å². The molecule has 1 heterocycles. The number of nitrogens with two attached hydrogens (primary N) is 1. The summed E-state index contributed by atoms with van der Waals surface area (Å²) in [5, 5.41) is 0. The summed E-state index contributed by atoms with van der Waals surface area (Å²) in [6.07, 6.45) is 4.41. The van der Waals surface area contributed by atoms with Crippen LogP contribution in [0.15, 0.2) is 22.9 Å². The van der Waals surface area contributed by atoms with E-state index in [-0.39, 0.29) is 17.6 Å². The van der Waals surface area contributed by atoms with Crippen LogP contribution in [0.4, 0.5) is 0 Å². The van der Waals surface area contributed by atoms with Crippen molar-refractivity contribution in [3.05, 3.63) is 28.5 Å². The molecule has 0 radical (unpaired) electrons. The molecule has 0 aliphatic carbocycles. The van der Waals surface area contributed by atoms with E-state index in [0.717, 1.165) is 16.5 Å². The molecule has 1 aromatic heterocycles. The van der Waals surface area contributed by atoms with E-state index in [1.165, 1.54) is 0 Å². The number of methoxy groups -OCH3 is 1. The molecule has 0 aromatic carbocycles. The highest BCUT2D eigenvalue weighted by atomic mass is 79.9. The maximum atomic E-state index is 6.23. The van der Waals surface area contributed by atoms with Gasteiger partial charge in [0.15, 0.2) is 0 Å². The zero-order valence-corrected chi connectivity index (χ0v) is 12.5. The maximum Gasteiger partial charge on any atom is 0.0773 e. The summed E-state index contributed by atoms with van der Waals surface area (Å²) in [6, 6.07) is 2.01. The first kappa shape index (κ1) is 14.6. The Morgan fingerprint density at radius 1 is 1.41 bits per heavy atom. The van der Waals surface area contributed by atoms with Gasteiger partial charge in [-0.3, -0.25) is 4.98 Å². The minimum absolute atomic E-state index is 0.0291.